The highest BCUT2D eigenvalue weighted by Crippen LogP contribution is 2.26. The predicted octanol–water partition coefficient (Wildman–Crippen LogP) is 3.86. The smallest absolute Gasteiger partial charge is 0.147 e. The standard InChI is InChI=1S/C15H18F2N4/c1-5-18-14-9(3)15(20-10(4)19-14)21-13-7-11(16)8(2)6-12(13)17/h6-7H,5H2,1-4H3,(H2,18,19,20,21). The van der Waals surface area contributed by atoms with Gasteiger partial charge in [-0.05, 0) is 39.3 Å². The number of rotatable bonds is 4. The number of hydrogen-bond acceptors (Lipinski definition) is 4. The molecule has 0 bridgehead atoms. The van der Waals surface area contributed by atoms with Crippen molar-refractivity contribution in [1.29, 1.82) is 0 Å². The van der Waals surface area contributed by atoms with Crippen LogP contribution in [0.5, 0.6) is 0 Å². The van der Waals surface area contributed by atoms with E-state index in [1.807, 2.05) is 13.8 Å². The van der Waals surface area contributed by atoms with E-state index in [9.17, 15) is 8.78 Å². The Labute approximate surface area is 122 Å². The normalized spacial score (nSPS) is 10.6. The Kier molecular flexibility index (Phi) is 4.35. The second-order valence-electron chi connectivity index (χ2n) is 4.83. The molecule has 2 aromatic rings. The Bertz CT molecular complexity index is 671. The highest BCUT2D eigenvalue weighted by atomic mass is 19.1. The number of benzene rings is 1. The fourth-order valence-electron chi connectivity index (χ4n) is 1.96. The van der Waals surface area contributed by atoms with Gasteiger partial charge in [0, 0.05) is 18.2 Å². The lowest BCUT2D eigenvalue weighted by Gasteiger charge is -2.14. The van der Waals surface area contributed by atoms with Crippen molar-refractivity contribution >= 4 is 17.3 Å². The Balaban J connectivity index is 2.42. The van der Waals surface area contributed by atoms with Crippen LogP contribution in [-0.4, -0.2) is 16.5 Å². The van der Waals surface area contributed by atoms with Crippen LogP contribution >= 0.6 is 0 Å². The molecule has 4 nitrogen and oxygen atoms in total. The fourth-order valence-corrected chi connectivity index (χ4v) is 1.96. The van der Waals surface area contributed by atoms with Crippen LogP contribution in [-0.2, 0) is 0 Å². The summed E-state index contributed by atoms with van der Waals surface area (Å²) < 4.78 is 27.5. The number of aromatic nitrogens is 2. The number of anilines is 3. The van der Waals surface area contributed by atoms with Gasteiger partial charge in [-0.1, -0.05) is 0 Å². The minimum Gasteiger partial charge on any atom is -0.370 e. The molecule has 0 saturated carbocycles. The summed E-state index contributed by atoms with van der Waals surface area (Å²) in [5.74, 6) is 0.706. The molecule has 112 valence electrons. The lowest BCUT2D eigenvalue weighted by molar-refractivity contribution is 0.595. The fraction of sp³-hybridized carbons (Fsp3) is 0.333. The van der Waals surface area contributed by atoms with Gasteiger partial charge in [0.2, 0.25) is 0 Å². The zero-order chi connectivity index (χ0) is 15.6. The van der Waals surface area contributed by atoms with E-state index in [0.717, 1.165) is 17.7 Å². The first-order valence-corrected chi connectivity index (χ1v) is 6.74. The SMILES string of the molecule is CCNc1nc(C)nc(Nc2cc(F)c(C)cc2F)c1C. The highest BCUT2D eigenvalue weighted by Gasteiger charge is 2.12. The Hall–Kier alpha value is -2.24. The molecule has 0 fully saturated rings. The maximum Gasteiger partial charge on any atom is 0.147 e. The maximum absolute atomic E-state index is 13.9. The summed E-state index contributed by atoms with van der Waals surface area (Å²) in [6.45, 7) is 7.76. The molecule has 0 atom stereocenters. The summed E-state index contributed by atoms with van der Waals surface area (Å²) in [5, 5.41) is 5.96. The number of hydrogen-bond donors (Lipinski definition) is 2. The maximum atomic E-state index is 13.9. The van der Waals surface area contributed by atoms with E-state index < -0.39 is 11.6 Å². The highest BCUT2D eigenvalue weighted by molar-refractivity contribution is 5.65. The topological polar surface area (TPSA) is 49.8 Å². The first kappa shape index (κ1) is 15.2. The van der Waals surface area contributed by atoms with Gasteiger partial charge >= 0.3 is 0 Å². The first-order valence-electron chi connectivity index (χ1n) is 6.74. The molecule has 0 aliphatic rings. The van der Waals surface area contributed by atoms with Gasteiger partial charge in [-0.2, -0.15) is 0 Å². The van der Waals surface area contributed by atoms with E-state index in [2.05, 4.69) is 20.6 Å². The van der Waals surface area contributed by atoms with Crippen LogP contribution in [0.2, 0.25) is 0 Å². The van der Waals surface area contributed by atoms with Crippen molar-refractivity contribution < 1.29 is 8.78 Å². The molecule has 0 amide bonds. The lowest BCUT2D eigenvalue weighted by Crippen LogP contribution is -2.08. The predicted molar refractivity (Wildman–Crippen MR) is 80.0 cm³/mol. The minimum atomic E-state index is -0.519. The third-order valence-corrected chi connectivity index (χ3v) is 3.10. The van der Waals surface area contributed by atoms with Gasteiger partial charge in [-0.15, -0.1) is 0 Å². The van der Waals surface area contributed by atoms with Gasteiger partial charge in [0.05, 0.1) is 5.69 Å². The molecule has 0 spiro atoms. The van der Waals surface area contributed by atoms with E-state index in [0.29, 0.717) is 24.0 Å². The van der Waals surface area contributed by atoms with E-state index in [-0.39, 0.29) is 11.3 Å². The molecule has 6 heteroatoms. The molecule has 0 aliphatic carbocycles. The Morgan fingerprint density at radius 2 is 1.67 bits per heavy atom. The molecule has 21 heavy (non-hydrogen) atoms. The van der Waals surface area contributed by atoms with Crippen LogP contribution in [0.3, 0.4) is 0 Å². The van der Waals surface area contributed by atoms with Crippen molar-refractivity contribution in [2.75, 3.05) is 17.2 Å². The van der Waals surface area contributed by atoms with Crippen molar-refractivity contribution in [3.05, 3.63) is 40.7 Å². The van der Waals surface area contributed by atoms with Crippen LogP contribution in [0.4, 0.5) is 26.1 Å². The van der Waals surface area contributed by atoms with Gasteiger partial charge in [0.1, 0.15) is 29.1 Å². The van der Waals surface area contributed by atoms with Crippen LogP contribution in [0.25, 0.3) is 0 Å². The molecule has 2 rings (SSSR count). The second kappa shape index (κ2) is 6.03. The Morgan fingerprint density at radius 1 is 1.00 bits per heavy atom. The van der Waals surface area contributed by atoms with Crippen molar-refractivity contribution in [3.8, 4) is 0 Å². The number of nitrogens with zero attached hydrogens (tertiary/aromatic N) is 2. The van der Waals surface area contributed by atoms with Crippen molar-refractivity contribution in [1.82, 2.24) is 9.97 Å². The summed E-state index contributed by atoms with van der Waals surface area (Å²) in [6.07, 6.45) is 0. The average Bonchev–Trinajstić information content (AvgIpc) is 2.41. The monoisotopic (exact) mass is 292 g/mol. The van der Waals surface area contributed by atoms with Gasteiger partial charge < -0.3 is 10.6 Å². The third kappa shape index (κ3) is 3.26. The van der Waals surface area contributed by atoms with Gasteiger partial charge in [0.25, 0.3) is 0 Å². The van der Waals surface area contributed by atoms with Crippen LogP contribution in [0.15, 0.2) is 12.1 Å². The molecule has 1 aromatic carbocycles. The quantitative estimate of drug-likeness (QED) is 0.898. The number of halogens is 2. The largest absolute Gasteiger partial charge is 0.370 e. The molecule has 2 N–H and O–H groups in total. The summed E-state index contributed by atoms with van der Waals surface area (Å²) in [6, 6.07) is 2.29. The van der Waals surface area contributed by atoms with Gasteiger partial charge in [-0.25, -0.2) is 18.7 Å². The molecular weight excluding hydrogens is 274 g/mol. The number of aryl methyl sites for hydroxylation is 2. The molecule has 0 radical (unpaired) electrons. The molecule has 0 unspecified atom stereocenters. The third-order valence-electron chi connectivity index (χ3n) is 3.10. The minimum absolute atomic E-state index is 0.0572. The van der Waals surface area contributed by atoms with Crippen LogP contribution < -0.4 is 10.6 Å². The summed E-state index contributed by atoms with van der Waals surface area (Å²) in [4.78, 5) is 8.54. The summed E-state index contributed by atoms with van der Waals surface area (Å²) >= 11 is 0. The lowest BCUT2D eigenvalue weighted by atomic mass is 10.2. The summed E-state index contributed by atoms with van der Waals surface area (Å²) in [7, 11) is 0. The zero-order valence-corrected chi connectivity index (χ0v) is 12.5. The van der Waals surface area contributed by atoms with Crippen molar-refractivity contribution in [2.24, 2.45) is 0 Å². The zero-order valence-electron chi connectivity index (χ0n) is 12.5. The molecule has 1 aromatic heterocycles. The van der Waals surface area contributed by atoms with Crippen molar-refractivity contribution in [2.45, 2.75) is 27.7 Å². The molecular formula is C15H18F2N4. The average molecular weight is 292 g/mol. The van der Waals surface area contributed by atoms with Gasteiger partial charge in [-0.3, -0.25) is 0 Å². The molecule has 1 heterocycles. The summed E-state index contributed by atoms with van der Waals surface area (Å²) in [5.41, 5.74) is 1.08. The Morgan fingerprint density at radius 3 is 2.33 bits per heavy atom. The number of nitrogens with one attached hydrogen (secondary N) is 2. The molecule has 0 saturated heterocycles. The second-order valence-corrected chi connectivity index (χ2v) is 4.83. The van der Waals surface area contributed by atoms with Crippen LogP contribution in [0, 0.1) is 32.4 Å². The van der Waals surface area contributed by atoms with Crippen molar-refractivity contribution in [3.63, 3.8) is 0 Å². The van der Waals surface area contributed by atoms with E-state index >= 15 is 0 Å². The van der Waals surface area contributed by atoms with E-state index in [4.69, 9.17) is 0 Å². The van der Waals surface area contributed by atoms with E-state index in [1.54, 1.807) is 6.92 Å². The first-order chi connectivity index (χ1) is 9.92. The molecule has 0 aliphatic heterocycles. The van der Waals surface area contributed by atoms with E-state index in [1.165, 1.54) is 6.92 Å². The van der Waals surface area contributed by atoms with Crippen LogP contribution in [0.1, 0.15) is 23.9 Å². The van der Waals surface area contributed by atoms with Gasteiger partial charge in [0.15, 0.2) is 0 Å².